The van der Waals surface area contributed by atoms with E-state index in [4.69, 9.17) is 4.74 Å². The molecule has 0 bridgehead atoms. The number of hydrogen-bond donors (Lipinski definition) is 1. The molecule has 1 aliphatic heterocycles. The molecule has 0 saturated carbocycles. The average molecular weight is 321 g/mol. The van der Waals surface area contributed by atoms with E-state index >= 15 is 0 Å². The van der Waals surface area contributed by atoms with Gasteiger partial charge in [0.1, 0.15) is 5.69 Å². The van der Waals surface area contributed by atoms with Gasteiger partial charge in [0.2, 0.25) is 0 Å². The summed E-state index contributed by atoms with van der Waals surface area (Å²) in [5, 5.41) is 6.82. The summed E-state index contributed by atoms with van der Waals surface area (Å²) >= 11 is 0. The number of hydrogen-bond acceptors (Lipinski definition) is 5. The van der Waals surface area contributed by atoms with Crippen LogP contribution in [0, 0.1) is 0 Å². The average Bonchev–Trinajstić information content (AvgIpc) is 2.66. The Bertz CT molecular complexity index is 554. The van der Waals surface area contributed by atoms with Gasteiger partial charge in [0, 0.05) is 19.7 Å². The molecule has 0 amide bonds. The van der Waals surface area contributed by atoms with Crippen molar-refractivity contribution < 1.29 is 27.4 Å². The number of aromatic nitrogens is 2. The highest BCUT2D eigenvalue weighted by atomic mass is 19.4. The van der Waals surface area contributed by atoms with E-state index in [9.17, 15) is 18.0 Å². The zero-order chi connectivity index (χ0) is 16.5. The fourth-order valence-electron chi connectivity index (χ4n) is 2.36. The molecule has 0 aliphatic carbocycles. The Balaban J connectivity index is 2.10. The van der Waals surface area contributed by atoms with Crippen LogP contribution < -0.4 is 10.1 Å². The van der Waals surface area contributed by atoms with E-state index in [2.05, 4.69) is 15.2 Å². The number of halogens is 3. The van der Waals surface area contributed by atoms with Gasteiger partial charge >= 0.3 is 12.1 Å². The van der Waals surface area contributed by atoms with Crippen LogP contribution in [-0.2, 0) is 16.6 Å². The second kappa shape index (κ2) is 5.79. The van der Waals surface area contributed by atoms with Gasteiger partial charge in [0.25, 0.3) is 5.88 Å². The largest absolute Gasteiger partial charge is 0.491 e. The molecule has 1 unspecified atom stereocenters. The van der Waals surface area contributed by atoms with Crippen LogP contribution in [0.5, 0.6) is 5.88 Å². The van der Waals surface area contributed by atoms with E-state index in [0.717, 1.165) is 0 Å². The second-order valence-electron chi connectivity index (χ2n) is 5.85. The Morgan fingerprint density at radius 3 is 2.82 bits per heavy atom. The van der Waals surface area contributed by atoms with Crippen molar-refractivity contribution in [2.45, 2.75) is 44.5 Å². The standard InChI is InChI=1S/C13H18F3N3O3/c1-12(2)6-8(4-5-21-12)17-9-7-19(3)18-10(9)22-11(20)13(14,15)16/h7-8,17H,4-6H2,1-3H3. The summed E-state index contributed by atoms with van der Waals surface area (Å²) in [6, 6.07) is -0.00344. The number of aryl methyl sites for hydroxylation is 1. The minimum absolute atomic E-state index is 0.00344. The van der Waals surface area contributed by atoms with Gasteiger partial charge in [-0.15, -0.1) is 5.10 Å². The molecule has 1 aromatic rings. The molecule has 1 aromatic heterocycles. The molecule has 124 valence electrons. The molecule has 0 radical (unpaired) electrons. The van der Waals surface area contributed by atoms with Gasteiger partial charge in [-0.3, -0.25) is 4.68 Å². The van der Waals surface area contributed by atoms with Crippen LogP contribution in [0.2, 0.25) is 0 Å². The smallest absolute Gasteiger partial charge is 0.397 e. The normalized spacial score (nSPS) is 21.5. The van der Waals surface area contributed by atoms with Crippen molar-refractivity contribution in [2.24, 2.45) is 7.05 Å². The number of ether oxygens (including phenoxy) is 2. The van der Waals surface area contributed by atoms with Gasteiger partial charge < -0.3 is 14.8 Å². The van der Waals surface area contributed by atoms with Gasteiger partial charge in [0.05, 0.1) is 11.8 Å². The number of nitrogens with zero attached hydrogens (tertiary/aromatic N) is 2. The molecular weight excluding hydrogens is 303 g/mol. The molecule has 9 heteroatoms. The molecule has 1 N–H and O–H groups in total. The maximum absolute atomic E-state index is 12.3. The maximum Gasteiger partial charge on any atom is 0.491 e. The fraction of sp³-hybridized carbons (Fsp3) is 0.692. The molecule has 6 nitrogen and oxygen atoms in total. The summed E-state index contributed by atoms with van der Waals surface area (Å²) in [6.07, 6.45) is -2.21. The van der Waals surface area contributed by atoms with Crippen molar-refractivity contribution in [3.05, 3.63) is 6.20 Å². The second-order valence-corrected chi connectivity index (χ2v) is 5.85. The van der Waals surface area contributed by atoms with E-state index in [1.54, 1.807) is 0 Å². The number of rotatable bonds is 3. The van der Waals surface area contributed by atoms with Crippen LogP contribution >= 0.6 is 0 Å². The summed E-state index contributed by atoms with van der Waals surface area (Å²) in [6.45, 7) is 4.42. The topological polar surface area (TPSA) is 65.4 Å². The predicted molar refractivity (Wildman–Crippen MR) is 71.6 cm³/mol. The third kappa shape index (κ3) is 4.12. The summed E-state index contributed by atoms with van der Waals surface area (Å²) in [5.41, 5.74) is -0.0659. The number of nitrogens with one attached hydrogen (secondary N) is 1. The summed E-state index contributed by atoms with van der Waals surface area (Å²) in [4.78, 5) is 10.9. The van der Waals surface area contributed by atoms with Crippen molar-refractivity contribution in [3.8, 4) is 5.88 Å². The molecule has 1 saturated heterocycles. The predicted octanol–water partition coefficient (Wildman–Crippen LogP) is 2.26. The molecule has 2 heterocycles. The molecule has 1 fully saturated rings. The lowest BCUT2D eigenvalue weighted by Gasteiger charge is -2.36. The SMILES string of the molecule is Cn1cc(NC2CCOC(C)(C)C2)c(OC(=O)C(F)(F)F)n1. The third-order valence-corrected chi connectivity index (χ3v) is 3.27. The number of carbonyl (C=O) groups is 1. The summed E-state index contributed by atoms with van der Waals surface area (Å²) in [7, 11) is 1.53. The lowest BCUT2D eigenvalue weighted by Crippen LogP contribution is -2.40. The quantitative estimate of drug-likeness (QED) is 0.865. The lowest BCUT2D eigenvalue weighted by molar-refractivity contribution is -0.189. The maximum atomic E-state index is 12.3. The van der Waals surface area contributed by atoms with E-state index in [1.165, 1.54) is 17.9 Å². The highest BCUT2D eigenvalue weighted by Crippen LogP contribution is 2.30. The molecule has 0 aromatic carbocycles. The van der Waals surface area contributed by atoms with Crippen LogP contribution in [-0.4, -0.2) is 40.2 Å². The Hall–Kier alpha value is -1.77. The van der Waals surface area contributed by atoms with Gasteiger partial charge in [0.15, 0.2) is 0 Å². The van der Waals surface area contributed by atoms with Gasteiger partial charge in [-0.05, 0) is 26.7 Å². The molecular formula is C13H18F3N3O3. The zero-order valence-electron chi connectivity index (χ0n) is 12.5. The first-order valence-electron chi connectivity index (χ1n) is 6.80. The van der Waals surface area contributed by atoms with E-state index in [0.29, 0.717) is 19.4 Å². The molecule has 1 aliphatic rings. The van der Waals surface area contributed by atoms with Gasteiger partial charge in [-0.25, -0.2) is 4.79 Å². The molecule has 2 rings (SSSR count). The van der Waals surface area contributed by atoms with E-state index < -0.39 is 12.1 Å². The van der Waals surface area contributed by atoms with Crippen LogP contribution in [0.15, 0.2) is 6.20 Å². The summed E-state index contributed by atoms with van der Waals surface area (Å²) < 4.78 is 48.1. The highest BCUT2D eigenvalue weighted by Gasteiger charge is 2.42. The van der Waals surface area contributed by atoms with Crippen molar-refractivity contribution >= 4 is 11.7 Å². The minimum Gasteiger partial charge on any atom is -0.397 e. The van der Waals surface area contributed by atoms with Crippen molar-refractivity contribution in [1.29, 1.82) is 0 Å². The van der Waals surface area contributed by atoms with Crippen molar-refractivity contribution in [1.82, 2.24) is 9.78 Å². The molecule has 0 spiro atoms. The Morgan fingerprint density at radius 2 is 2.23 bits per heavy atom. The Kier molecular flexibility index (Phi) is 4.37. The van der Waals surface area contributed by atoms with Crippen molar-refractivity contribution in [3.63, 3.8) is 0 Å². The Labute approximate surface area is 125 Å². The number of alkyl halides is 3. The van der Waals surface area contributed by atoms with Gasteiger partial charge in [-0.2, -0.15) is 13.2 Å². The fourth-order valence-corrected chi connectivity index (χ4v) is 2.36. The lowest BCUT2D eigenvalue weighted by atomic mass is 9.94. The number of esters is 1. The monoisotopic (exact) mass is 321 g/mol. The van der Waals surface area contributed by atoms with Crippen molar-refractivity contribution in [2.75, 3.05) is 11.9 Å². The van der Waals surface area contributed by atoms with E-state index in [-0.39, 0.29) is 23.2 Å². The van der Waals surface area contributed by atoms with Crippen LogP contribution in [0.25, 0.3) is 0 Å². The minimum atomic E-state index is -5.06. The van der Waals surface area contributed by atoms with Crippen LogP contribution in [0.3, 0.4) is 0 Å². The molecule has 1 atom stereocenters. The zero-order valence-corrected chi connectivity index (χ0v) is 12.5. The Morgan fingerprint density at radius 1 is 1.55 bits per heavy atom. The van der Waals surface area contributed by atoms with Gasteiger partial charge in [-0.1, -0.05) is 0 Å². The number of anilines is 1. The summed E-state index contributed by atoms with van der Waals surface area (Å²) in [5.74, 6) is -2.67. The molecule has 22 heavy (non-hydrogen) atoms. The highest BCUT2D eigenvalue weighted by molar-refractivity contribution is 5.79. The van der Waals surface area contributed by atoms with Crippen LogP contribution in [0.4, 0.5) is 18.9 Å². The van der Waals surface area contributed by atoms with E-state index in [1.807, 2.05) is 13.8 Å². The van der Waals surface area contributed by atoms with Crippen LogP contribution in [0.1, 0.15) is 26.7 Å². The first-order valence-corrected chi connectivity index (χ1v) is 6.80. The first kappa shape index (κ1) is 16.6. The first-order chi connectivity index (χ1) is 10.1. The number of carbonyl (C=O) groups excluding carboxylic acids is 1. The third-order valence-electron chi connectivity index (χ3n) is 3.27.